The quantitative estimate of drug-likeness (QED) is 0.514. The molecule has 1 amide bonds. The van der Waals surface area contributed by atoms with Crippen LogP contribution >= 0.6 is 0 Å². The molecule has 0 unspecified atom stereocenters. The van der Waals surface area contributed by atoms with Crippen molar-refractivity contribution in [1.82, 2.24) is 15.7 Å². The number of aromatic nitrogens is 1. The molecule has 2 aliphatic heterocycles. The largest absolute Gasteiger partial charge is 0.441 e. The Morgan fingerprint density at radius 2 is 2.31 bits per heavy atom. The third kappa shape index (κ3) is 4.16. The summed E-state index contributed by atoms with van der Waals surface area (Å²) >= 11 is 0. The van der Waals surface area contributed by atoms with Gasteiger partial charge in [-0.3, -0.25) is 9.88 Å². The van der Waals surface area contributed by atoms with E-state index >= 15 is 0 Å². The van der Waals surface area contributed by atoms with Crippen molar-refractivity contribution in [3.63, 3.8) is 0 Å². The SMILES string of the molecule is O=C1O[C@@H](CO)CN1c1ccc(-c2ccc(/C=N/NC3=NCCN3)nc2)c(F)c1. The highest BCUT2D eigenvalue weighted by atomic mass is 19.1. The zero-order valence-electron chi connectivity index (χ0n) is 15.4. The minimum atomic E-state index is -0.603. The fourth-order valence-corrected chi connectivity index (χ4v) is 3.01. The molecule has 4 rings (SSSR count). The van der Waals surface area contributed by atoms with E-state index in [-0.39, 0.29) is 13.2 Å². The summed E-state index contributed by atoms with van der Waals surface area (Å²) in [7, 11) is 0. The summed E-state index contributed by atoms with van der Waals surface area (Å²) < 4.78 is 19.6. The molecule has 1 atom stereocenters. The molecule has 0 bridgehead atoms. The zero-order chi connectivity index (χ0) is 20.2. The number of benzene rings is 1. The third-order valence-corrected chi connectivity index (χ3v) is 4.48. The van der Waals surface area contributed by atoms with Gasteiger partial charge in [0.05, 0.1) is 37.3 Å². The molecule has 0 aliphatic carbocycles. The number of aliphatic hydroxyl groups excluding tert-OH is 1. The van der Waals surface area contributed by atoms with Crippen LogP contribution < -0.4 is 15.6 Å². The topological polar surface area (TPSA) is 111 Å². The zero-order valence-corrected chi connectivity index (χ0v) is 15.4. The summed E-state index contributed by atoms with van der Waals surface area (Å²) in [6.07, 6.45) is 1.89. The Morgan fingerprint density at radius 1 is 1.41 bits per heavy atom. The maximum Gasteiger partial charge on any atom is 0.414 e. The van der Waals surface area contributed by atoms with Crippen molar-refractivity contribution >= 4 is 24.0 Å². The molecule has 29 heavy (non-hydrogen) atoms. The Labute approximate surface area is 165 Å². The average molecular weight is 398 g/mol. The minimum Gasteiger partial charge on any atom is -0.441 e. The number of hydrazone groups is 1. The van der Waals surface area contributed by atoms with Crippen LogP contribution in [0.4, 0.5) is 14.9 Å². The molecule has 10 heteroatoms. The number of guanidine groups is 1. The number of anilines is 1. The maximum atomic E-state index is 14.7. The van der Waals surface area contributed by atoms with Gasteiger partial charge in [0.1, 0.15) is 11.9 Å². The maximum absolute atomic E-state index is 14.7. The van der Waals surface area contributed by atoms with Crippen LogP contribution in [0.2, 0.25) is 0 Å². The number of cyclic esters (lactones) is 1. The predicted molar refractivity (Wildman–Crippen MR) is 105 cm³/mol. The lowest BCUT2D eigenvalue weighted by Gasteiger charge is -2.14. The number of rotatable bonds is 5. The number of carbonyl (C=O) groups is 1. The van der Waals surface area contributed by atoms with E-state index < -0.39 is 18.0 Å². The molecule has 2 aliphatic rings. The molecule has 0 radical (unpaired) electrons. The van der Waals surface area contributed by atoms with Crippen LogP contribution in [0, 0.1) is 5.82 Å². The van der Waals surface area contributed by atoms with Gasteiger partial charge in [-0.05, 0) is 24.3 Å². The number of amides is 1. The predicted octanol–water partition coefficient (Wildman–Crippen LogP) is 1.09. The number of aliphatic imine (C=N–C) groups is 1. The fraction of sp³-hybridized carbons (Fsp3) is 0.263. The molecule has 150 valence electrons. The van der Waals surface area contributed by atoms with Gasteiger partial charge in [-0.25, -0.2) is 19.6 Å². The Morgan fingerprint density at radius 3 is 2.97 bits per heavy atom. The van der Waals surface area contributed by atoms with Crippen LogP contribution in [0.1, 0.15) is 5.69 Å². The molecule has 2 aromatic rings. The number of hydrogen-bond donors (Lipinski definition) is 3. The van der Waals surface area contributed by atoms with Crippen LogP contribution in [-0.2, 0) is 4.74 Å². The minimum absolute atomic E-state index is 0.180. The van der Waals surface area contributed by atoms with Crippen LogP contribution in [0.25, 0.3) is 11.1 Å². The molecule has 1 fully saturated rings. The molecule has 0 saturated carbocycles. The molecular formula is C19H19FN6O3. The summed E-state index contributed by atoms with van der Waals surface area (Å²) in [5, 5.41) is 16.2. The highest BCUT2D eigenvalue weighted by Crippen LogP contribution is 2.28. The van der Waals surface area contributed by atoms with Crippen molar-refractivity contribution in [3.05, 3.63) is 48.0 Å². The molecule has 9 nitrogen and oxygen atoms in total. The molecular weight excluding hydrogens is 379 g/mol. The summed E-state index contributed by atoms with van der Waals surface area (Å²) in [5.41, 5.74) is 4.71. The summed E-state index contributed by atoms with van der Waals surface area (Å²) in [6, 6.07) is 7.95. The second-order valence-electron chi connectivity index (χ2n) is 6.46. The van der Waals surface area contributed by atoms with Crippen molar-refractivity contribution < 1.29 is 19.0 Å². The van der Waals surface area contributed by atoms with E-state index in [4.69, 9.17) is 9.84 Å². The first-order valence-corrected chi connectivity index (χ1v) is 9.06. The van der Waals surface area contributed by atoms with Gasteiger partial charge in [-0.2, -0.15) is 5.10 Å². The molecule has 3 N–H and O–H groups in total. The number of carbonyl (C=O) groups excluding carboxylic acids is 1. The highest BCUT2D eigenvalue weighted by molar-refractivity contribution is 5.90. The number of halogens is 1. The second kappa shape index (κ2) is 8.23. The number of ether oxygens (including phenoxy) is 1. The molecule has 1 aromatic heterocycles. The van der Waals surface area contributed by atoms with E-state index in [1.165, 1.54) is 11.0 Å². The smallest absolute Gasteiger partial charge is 0.414 e. The number of aliphatic hydroxyl groups is 1. The van der Waals surface area contributed by atoms with Crippen molar-refractivity contribution in [1.29, 1.82) is 0 Å². The normalized spacial score (nSPS) is 18.7. The van der Waals surface area contributed by atoms with Crippen LogP contribution in [0.5, 0.6) is 0 Å². The lowest BCUT2D eigenvalue weighted by Crippen LogP contribution is -2.30. The van der Waals surface area contributed by atoms with Crippen molar-refractivity contribution in [2.24, 2.45) is 10.1 Å². The summed E-state index contributed by atoms with van der Waals surface area (Å²) in [4.78, 5) is 21.6. The number of hydrogen-bond acceptors (Lipinski definition) is 8. The van der Waals surface area contributed by atoms with Gasteiger partial charge in [0, 0.05) is 23.9 Å². The fourth-order valence-electron chi connectivity index (χ4n) is 3.01. The standard InChI is InChI=1S/C19H19FN6O3/c20-17-7-14(26-10-15(11-27)29-19(26)28)3-4-16(17)12-1-2-13(23-8-12)9-24-25-18-21-5-6-22-18/h1-4,7-9,15,27H,5-6,10-11H2,(H2,21,22,25)/b24-9+/t15-/m1/s1. The van der Waals surface area contributed by atoms with Crippen LogP contribution in [0.15, 0.2) is 46.6 Å². The van der Waals surface area contributed by atoms with E-state index in [0.29, 0.717) is 28.5 Å². The van der Waals surface area contributed by atoms with Gasteiger partial charge >= 0.3 is 6.09 Å². The first-order chi connectivity index (χ1) is 14.1. The van der Waals surface area contributed by atoms with Crippen molar-refractivity contribution in [2.45, 2.75) is 6.10 Å². The molecule has 1 saturated heterocycles. The number of nitrogens with zero attached hydrogens (tertiary/aromatic N) is 4. The van der Waals surface area contributed by atoms with Gasteiger partial charge in [0.25, 0.3) is 0 Å². The Bertz CT molecular complexity index is 963. The van der Waals surface area contributed by atoms with Crippen molar-refractivity contribution in [3.8, 4) is 11.1 Å². The average Bonchev–Trinajstić information content (AvgIpc) is 3.38. The van der Waals surface area contributed by atoms with Gasteiger partial charge < -0.3 is 15.2 Å². The Balaban J connectivity index is 1.45. The molecule has 0 spiro atoms. The Kier molecular flexibility index (Phi) is 5.34. The first-order valence-electron chi connectivity index (χ1n) is 9.06. The van der Waals surface area contributed by atoms with Gasteiger partial charge in [0.15, 0.2) is 0 Å². The molecule has 3 heterocycles. The van der Waals surface area contributed by atoms with E-state index in [1.807, 2.05) is 0 Å². The highest BCUT2D eigenvalue weighted by Gasteiger charge is 2.32. The number of nitrogens with one attached hydrogen (secondary N) is 2. The van der Waals surface area contributed by atoms with E-state index in [9.17, 15) is 9.18 Å². The lowest BCUT2D eigenvalue weighted by molar-refractivity contribution is 0.0963. The Hall–Kier alpha value is -3.53. The first kappa shape index (κ1) is 18.8. The second-order valence-corrected chi connectivity index (χ2v) is 6.46. The van der Waals surface area contributed by atoms with E-state index in [0.717, 1.165) is 13.1 Å². The van der Waals surface area contributed by atoms with E-state index in [2.05, 4.69) is 25.8 Å². The van der Waals surface area contributed by atoms with Crippen LogP contribution in [-0.4, -0.2) is 60.7 Å². The van der Waals surface area contributed by atoms with Gasteiger partial charge in [-0.1, -0.05) is 6.07 Å². The summed E-state index contributed by atoms with van der Waals surface area (Å²) in [5.74, 6) is 0.130. The lowest BCUT2D eigenvalue weighted by atomic mass is 10.1. The monoisotopic (exact) mass is 398 g/mol. The van der Waals surface area contributed by atoms with Crippen molar-refractivity contribution in [2.75, 3.05) is 31.1 Å². The van der Waals surface area contributed by atoms with E-state index in [1.54, 1.807) is 36.7 Å². The third-order valence-electron chi connectivity index (χ3n) is 4.48. The molecule has 1 aromatic carbocycles. The summed E-state index contributed by atoms with van der Waals surface area (Å²) in [6.45, 7) is 1.41. The number of pyridine rings is 1. The van der Waals surface area contributed by atoms with Gasteiger partial charge in [0.2, 0.25) is 5.96 Å². The van der Waals surface area contributed by atoms with Gasteiger partial charge in [-0.15, -0.1) is 0 Å². The van der Waals surface area contributed by atoms with Crippen LogP contribution in [0.3, 0.4) is 0 Å².